The first-order valence-corrected chi connectivity index (χ1v) is 12.2. The van der Waals surface area contributed by atoms with Crippen LogP contribution in [0.2, 0.25) is 0 Å². The molecule has 0 radical (unpaired) electrons. The summed E-state index contributed by atoms with van der Waals surface area (Å²) in [5.41, 5.74) is 2.92. The number of halogens is 3. The molecule has 2 aliphatic carbocycles. The molecular formula is C27H26BrF2NO. The van der Waals surface area contributed by atoms with Gasteiger partial charge in [0.25, 0.3) is 0 Å². The maximum atomic E-state index is 13.9. The second-order valence-electron chi connectivity index (χ2n) is 9.66. The normalized spacial score (nSPS) is 25.8. The van der Waals surface area contributed by atoms with Gasteiger partial charge < -0.3 is 0 Å². The molecule has 5 atom stereocenters. The van der Waals surface area contributed by atoms with Crippen LogP contribution in [0.25, 0.3) is 10.9 Å². The van der Waals surface area contributed by atoms with Gasteiger partial charge in [-0.25, -0.2) is 8.78 Å². The Morgan fingerprint density at radius 1 is 1.06 bits per heavy atom. The molecule has 0 amide bonds. The van der Waals surface area contributed by atoms with Crippen molar-refractivity contribution in [1.82, 2.24) is 4.98 Å². The molecule has 32 heavy (non-hydrogen) atoms. The molecule has 5 rings (SSSR count). The summed E-state index contributed by atoms with van der Waals surface area (Å²) in [5, 5.41) is 0.933. The van der Waals surface area contributed by atoms with Crippen LogP contribution in [0.1, 0.15) is 49.7 Å². The van der Waals surface area contributed by atoms with E-state index in [1.54, 1.807) is 24.3 Å². The first-order chi connectivity index (χ1) is 15.4. The highest BCUT2D eigenvalue weighted by atomic mass is 79.9. The predicted octanol–water partition coefficient (Wildman–Crippen LogP) is 7.24. The lowest BCUT2D eigenvalue weighted by molar-refractivity contribution is -0.123. The van der Waals surface area contributed by atoms with Gasteiger partial charge in [0.2, 0.25) is 0 Å². The number of benzene rings is 2. The van der Waals surface area contributed by atoms with Crippen LogP contribution < -0.4 is 0 Å². The van der Waals surface area contributed by atoms with Gasteiger partial charge in [-0.05, 0) is 113 Å². The van der Waals surface area contributed by atoms with E-state index >= 15 is 0 Å². The maximum absolute atomic E-state index is 13.9. The zero-order valence-corrected chi connectivity index (χ0v) is 19.6. The van der Waals surface area contributed by atoms with Crippen molar-refractivity contribution in [3.8, 4) is 0 Å². The van der Waals surface area contributed by atoms with Crippen molar-refractivity contribution in [1.29, 1.82) is 0 Å². The molecule has 2 aliphatic rings. The first kappa shape index (κ1) is 21.7. The Bertz CT molecular complexity index is 1170. The SMILES string of the molecule is CC(C(=O)Cc1ccc(F)c(Br)c1)C1C[C@H]2CC(c3ccnc4ccc(F)cc34)C[C@H]2C1. The monoisotopic (exact) mass is 497 g/mol. The number of hydrogen-bond donors (Lipinski definition) is 0. The molecule has 5 heteroatoms. The molecule has 0 aliphatic heterocycles. The highest BCUT2D eigenvalue weighted by Gasteiger charge is 2.44. The highest BCUT2D eigenvalue weighted by Crippen LogP contribution is 2.54. The average Bonchev–Trinajstić information content (AvgIpc) is 3.34. The van der Waals surface area contributed by atoms with E-state index < -0.39 is 0 Å². The maximum Gasteiger partial charge on any atom is 0.140 e. The Morgan fingerprint density at radius 3 is 2.53 bits per heavy atom. The number of fused-ring (bicyclic) bond motifs is 2. The Labute approximate surface area is 195 Å². The summed E-state index contributed by atoms with van der Waals surface area (Å²) in [6, 6.07) is 11.7. The number of ketones is 1. The van der Waals surface area contributed by atoms with Crippen LogP contribution in [0.5, 0.6) is 0 Å². The lowest BCUT2D eigenvalue weighted by atomic mass is 9.83. The number of aromatic nitrogens is 1. The number of rotatable bonds is 5. The lowest BCUT2D eigenvalue weighted by Crippen LogP contribution is -2.21. The van der Waals surface area contributed by atoms with Crippen LogP contribution in [-0.4, -0.2) is 10.8 Å². The molecule has 1 heterocycles. The second kappa shape index (κ2) is 8.66. The summed E-state index contributed by atoms with van der Waals surface area (Å²) < 4.78 is 27.7. The van der Waals surface area contributed by atoms with E-state index in [1.165, 1.54) is 17.7 Å². The van der Waals surface area contributed by atoms with Gasteiger partial charge in [-0.1, -0.05) is 13.0 Å². The van der Waals surface area contributed by atoms with E-state index in [-0.39, 0.29) is 23.3 Å². The topological polar surface area (TPSA) is 30.0 Å². The predicted molar refractivity (Wildman–Crippen MR) is 125 cm³/mol. The highest BCUT2D eigenvalue weighted by molar-refractivity contribution is 9.10. The Balaban J connectivity index is 1.24. The van der Waals surface area contributed by atoms with Crippen LogP contribution >= 0.6 is 15.9 Å². The van der Waals surface area contributed by atoms with Crippen molar-refractivity contribution >= 4 is 32.6 Å². The second-order valence-corrected chi connectivity index (χ2v) is 10.5. The molecule has 1 aromatic heterocycles. The van der Waals surface area contributed by atoms with Gasteiger partial charge in [0.15, 0.2) is 0 Å². The van der Waals surface area contributed by atoms with Gasteiger partial charge in [-0.2, -0.15) is 0 Å². The Kier molecular flexibility index (Phi) is 5.87. The summed E-state index contributed by atoms with van der Waals surface area (Å²) in [4.78, 5) is 17.3. The van der Waals surface area contributed by atoms with Crippen LogP contribution in [0.3, 0.4) is 0 Å². The van der Waals surface area contributed by atoms with Gasteiger partial charge >= 0.3 is 0 Å². The third-order valence-corrected chi connectivity index (χ3v) is 8.41. The fourth-order valence-electron chi connectivity index (χ4n) is 6.10. The summed E-state index contributed by atoms with van der Waals surface area (Å²) in [7, 11) is 0. The van der Waals surface area contributed by atoms with Gasteiger partial charge in [0.05, 0.1) is 9.99 Å². The molecule has 3 aromatic rings. The molecule has 2 nitrogen and oxygen atoms in total. The molecule has 2 saturated carbocycles. The summed E-state index contributed by atoms with van der Waals surface area (Å²) in [5.74, 6) is 1.81. The third-order valence-electron chi connectivity index (χ3n) is 7.81. The number of hydrogen-bond acceptors (Lipinski definition) is 2. The first-order valence-electron chi connectivity index (χ1n) is 11.4. The molecule has 0 saturated heterocycles. The number of carbonyl (C=O) groups is 1. The van der Waals surface area contributed by atoms with Crippen molar-refractivity contribution in [3.05, 3.63) is 75.9 Å². The minimum absolute atomic E-state index is 0.0127. The van der Waals surface area contributed by atoms with Gasteiger partial charge in [-0.3, -0.25) is 9.78 Å². The van der Waals surface area contributed by atoms with E-state index in [0.29, 0.717) is 34.6 Å². The third kappa shape index (κ3) is 4.12. The minimum Gasteiger partial charge on any atom is -0.299 e. The molecule has 0 N–H and O–H groups in total. The fraction of sp³-hybridized carbons (Fsp3) is 0.407. The molecule has 2 aromatic carbocycles. The van der Waals surface area contributed by atoms with Crippen molar-refractivity contribution in [2.75, 3.05) is 0 Å². The fourth-order valence-corrected chi connectivity index (χ4v) is 6.52. The Morgan fingerprint density at radius 2 is 1.81 bits per heavy atom. The molecule has 3 unspecified atom stereocenters. The van der Waals surface area contributed by atoms with Crippen molar-refractivity contribution in [2.24, 2.45) is 23.7 Å². The zero-order valence-electron chi connectivity index (χ0n) is 18.0. The lowest BCUT2D eigenvalue weighted by Gasteiger charge is -2.21. The van der Waals surface area contributed by atoms with E-state index in [9.17, 15) is 13.6 Å². The standard InChI is InChI=1S/C27H26BrF2NO/c1-15(27(32)9-16-2-4-25(30)24(28)8-16)17-10-18-12-20(13-19(18)11-17)22-6-7-31-26-5-3-21(29)14-23(22)26/h2-8,14-15,17-20H,9-13H2,1H3/t15?,17?,18-,19+,20?. The minimum atomic E-state index is -0.308. The van der Waals surface area contributed by atoms with Crippen LogP contribution in [0, 0.1) is 35.3 Å². The van der Waals surface area contributed by atoms with Crippen LogP contribution in [0.15, 0.2) is 53.1 Å². The quantitative estimate of drug-likeness (QED) is 0.371. The largest absolute Gasteiger partial charge is 0.299 e. The molecule has 0 spiro atoms. The van der Waals surface area contributed by atoms with Crippen molar-refractivity contribution in [3.63, 3.8) is 0 Å². The van der Waals surface area contributed by atoms with Crippen LogP contribution in [0.4, 0.5) is 8.78 Å². The smallest absolute Gasteiger partial charge is 0.140 e. The molecule has 2 fully saturated rings. The summed E-state index contributed by atoms with van der Waals surface area (Å²) >= 11 is 3.20. The molecular weight excluding hydrogens is 472 g/mol. The molecule has 0 bridgehead atoms. The van der Waals surface area contributed by atoms with E-state index in [2.05, 4.69) is 33.9 Å². The number of Topliss-reactive ketones (excluding diaryl/α,β-unsaturated/α-hetero) is 1. The van der Waals surface area contributed by atoms with Gasteiger partial charge in [0, 0.05) is 23.9 Å². The Hall–Kier alpha value is -2.14. The zero-order chi connectivity index (χ0) is 22.4. The van der Waals surface area contributed by atoms with Crippen molar-refractivity contribution in [2.45, 2.75) is 44.9 Å². The van der Waals surface area contributed by atoms with E-state index in [1.807, 2.05) is 6.20 Å². The van der Waals surface area contributed by atoms with E-state index in [0.717, 1.165) is 42.1 Å². The molecule has 166 valence electrons. The van der Waals surface area contributed by atoms with Gasteiger partial charge in [0.1, 0.15) is 17.4 Å². The number of nitrogens with zero attached hydrogens (tertiary/aromatic N) is 1. The number of pyridine rings is 1. The number of carbonyl (C=O) groups excluding carboxylic acids is 1. The van der Waals surface area contributed by atoms with Crippen LogP contribution in [-0.2, 0) is 11.2 Å². The van der Waals surface area contributed by atoms with E-state index in [4.69, 9.17) is 0 Å². The summed E-state index contributed by atoms with van der Waals surface area (Å²) in [6.07, 6.45) is 6.55. The summed E-state index contributed by atoms with van der Waals surface area (Å²) in [6.45, 7) is 2.06. The van der Waals surface area contributed by atoms with Crippen molar-refractivity contribution < 1.29 is 13.6 Å². The average molecular weight is 498 g/mol. The van der Waals surface area contributed by atoms with Gasteiger partial charge in [-0.15, -0.1) is 0 Å².